The molecule has 2 fully saturated rings. The minimum Gasteiger partial charge on any atom is -0.366 e. The quantitative estimate of drug-likeness (QED) is 0.886. The topological polar surface area (TPSA) is 50.4 Å². The average Bonchev–Trinajstić information content (AvgIpc) is 2.98. The molecule has 1 aromatic carbocycles. The van der Waals surface area contributed by atoms with Crippen LogP contribution in [0.15, 0.2) is 24.3 Å². The fourth-order valence-electron chi connectivity index (χ4n) is 3.30. The number of halogens is 2. The lowest BCUT2D eigenvalue weighted by Gasteiger charge is -2.34. The molecule has 1 unspecified atom stereocenters. The van der Waals surface area contributed by atoms with E-state index < -0.39 is 6.10 Å². The van der Waals surface area contributed by atoms with Crippen LogP contribution in [0.2, 0.25) is 5.02 Å². The summed E-state index contributed by atoms with van der Waals surface area (Å²) in [6.45, 7) is 1.98. The minimum atomic E-state index is -0.393. The highest BCUT2D eigenvalue weighted by molar-refractivity contribution is 6.30. The number of benzene rings is 1. The molecule has 1 heterocycles. The summed E-state index contributed by atoms with van der Waals surface area (Å²) in [5.41, 5.74) is 0.813. The molecule has 1 saturated carbocycles. The van der Waals surface area contributed by atoms with Gasteiger partial charge in [-0.2, -0.15) is 0 Å². The second-order valence-electron chi connectivity index (χ2n) is 5.85. The van der Waals surface area contributed by atoms with Crippen molar-refractivity contribution in [3.63, 3.8) is 0 Å². The third-order valence-corrected chi connectivity index (χ3v) is 4.65. The average molecular weight is 345 g/mol. The van der Waals surface area contributed by atoms with Gasteiger partial charge in [-0.05, 0) is 30.5 Å². The Hall–Kier alpha value is -0.810. The van der Waals surface area contributed by atoms with Gasteiger partial charge in [-0.3, -0.25) is 4.79 Å². The van der Waals surface area contributed by atoms with Gasteiger partial charge in [0.05, 0.1) is 12.1 Å². The molecule has 22 heavy (non-hydrogen) atoms. The first-order valence-corrected chi connectivity index (χ1v) is 7.98. The van der Waals surface area contributed by atoms with Gasteiger partial charge in [0.2, 0.25) is 0 Å². The van der Waals surface area contributed by atoms with E-state index >= 15 is 0 Å². The molecule has 1 aliphatic heterocycles. The summed E-state index contributed by atoms with van der Waals surface area (Å²) in [5, 5.41) is 7.15. The van der Waals surface area contributed by atoms with Gasteiger partial charge >= 0.3 is 0 Å². The molecular weight excluding hydrogens is 323 g/mol. The van der Waals surface area contributed by atoms with E-state index in [4.69, 9.17) is 16.3 Å². The van der Waals surface area contributed by atoms with Crippen LogP contribution in [-0.2, 0) is 15.1 Å². The lowest BCUT2D eigenvalue weighted by molar-refractivity contribution is -0.136. The van der Waals surface area contributed by atoms with Crippen molar-refractivity contribution in [2.75, 3.05) is 19.7 Å². The van der Waals surface area contributed by atoms with Gasteiger partial charge in [-0.1, -0.05) is 36.6 Å². The fourth-order valence-corrected chi connectivity index (χ4v) is 3.49. The van der Waals surface area contributed by atoms with E-state index in [2.05, 4.69) is 16.7 Å². The monoisotopic (exact) mass is 344 g/mol. The van der Waals surface area contributed by atoms with Crippen molar-refractivity contribution in [1.82, 2.24) is 10.6 Å². The van der Waals surface area contributed by atoms with Gasteiger partial charge < -0.3 is 15.4 Å². The second-order valence-corrected chi connectivity index (χ2v) is 6.29. The number of morpholine rings is 1. The SMILES string of the molecule is Cl.O=C(NC1(c2cccc(Cl)c2)CCCC1)C1CNCCO1. The minimum absolute atomic E-state index is 0. The number of carbonyl (C=O) groups excluding carboxylic acids is 1. The van der Waals surface area contributed by atoms with Crippen LogP contribution in [-0.4, -0.2) is 31.7 Å². The van der Waals surface area contributed by atoms with Crippen LogP contribution in [0.3, 0.4) is 0 Å². The lowest BCUT2D eigenvalue weighted by atomic mass is 9.88. The molecule has 2 aliphatic rings. The zero-order valence-corrected chi connectivity index (χ0v) is 14.0. The Kier molecular flexibility index (Phi) is 6.09. The molecule has 122 valence electrons. The van der Waals surface area contributed by atoms with Crippen molar-refractivity contribution < 1.29 is 9.53 Å². The molecule has 6 heteroatoms. The van der Waals surface area contributed by atoms with E-state index in [-0.39, 0.29) is 23.9 Å². The Balaban J connectivity index is 0.00000176. The molecule has 1 aromatic rings. The van der Waals surface area contributed by atoms with Gasteiger partial charge in [0, 0.05) is 18.1 Å². The van der Waals surface area contributed by atoms with Crippen LogP contribution in [0.5, 0.6) is 0 Å². The molecule has 1 atom stereocenters. The van der Waals surface area contributed by atoms with E-state index in [1.807, 2.05) is 18.2 Å². The van der Waals surface area contributed by atoms with Gasteiger partial charge in [0.25, 0.3) is 5.91 Å². The van der Waals surface area contributed by atoms with Crippen molar-refractivity contribution >= 4 is 29.9 Å². The predicted molar refractivity (Wildman–Crippen MR) is 89.6 cm³/mol. The zero-order valence-electron chi connectivity index (χ0n) is 12.4. The van der Waals surface area contributed by atoms with E-state index in [1.165, 1.54) is 0 Å². The van der Waals surface area contributed by atoms with Crippen LogP contribution in [0, 0.1) is 0 Å². The number of nitrogens with one attached hydrogen (secondary N) is 2. The highest BCUT2D eigenvalue weighted by Crippen LogP contribution is 2.39. The molecule has 2 N–H and O–H groups in total. The number of rotatable bonds is 3. The number of hydrogen-bond acceptors (Lipinski definition) is 3. The summed E-state index contributed by atoms with van der Waals surface area (Å²) in [7, 11) is 0. The summed E-state index contributed by atoms with van der Waals surface area (Å²) in [5.74, 6) is -0.0240. The van der Waals surface area contributed by atoms with E-state index in [1.54, 1.807) is 0 Å². The molecule has 0 radical (unpaired) electrons. The smallest absolute Gasteiger partial charge is 0.251 e. The summed E-state index contributed by atoms with van der Waals surface area (Å²) in [4.78, 5) is 12.5. The molecule has 0 aromatic heterocycles. The Morgan fingerprint density at radius 2 is 2.14 bits per heavy atom. The second kappa shape index (κ2) is 7.64. The first-order valence-electron chi connectivity index (χ1n) is 7.60. The standard InChI is InChI=1S/C16H21ClN2O2.ClH/c17-13-5-3-4-12(10-13)16(6-1-2-7-16)19-15(20)14-11-18-8-9-21-14;/h3-5,10,14,18H,1-2,6-9,11H2,(H,19,20);1H. The third-order valence-electron chi connectivity index (χ3n) is 4.42. The van der Waals surface area contributed by atoms with Crippen molar-refractivity contribution in [2.24, 2.45) is 0 Å². The van der Waals surface area contributed by atoms with Gasteiger partial charge in [0.1, 0.15) is 6.10 Å². The maximum absolute atomic E-state index is 12.5. The zero-order chi connectivity index (χ0) is 14.7. The first kappa shape index (κ1) is 17.5. The Labute approximate surface area is 142 Å². The van der Waals surface area contributed by atoms with Crippen LogP contribution >= 0.6 is 24.0 Å². The summed E-state index contributed by atoms with van der Waals surface area (Å²) < 4.78 is 5.55. The highest BCUT2D eigenvalue weighted by atomic mass is 35.5. The summed E-state index contributed by atoms with van der Waals surface area (Å²) in [6, 6.07) is 7.83. The van der Waals surface area contributed by atoms with Crippen LogP contribution in [0.1, 0.15) is 31.2 Å². The molecule has 3 rings (SSSR count). The van der Waals surface area contributed by atoms with Crippen molar-refractivity contribution in [3.05, 3.63) is 34.9 Å². The lowest BCUT2D eigenvalue weighted by Crippen LogP contribution is -2.53. The van der Waals surface area contributed by atoms with Crippen molar-refractivity contribution in [3.8, 4) is 0 Å². The van der Waals surface area contributed by atoms with Crippen LogP contribution < -0.4 is 10.6 Å². The van der Waals surface area contributed by atoms with Gasteiger partial charge in [-0.15, -0.1) is 12.4 Å². The molecular formula is C16H22Cl2N2O2. The highest BCUT2D eigenvalue weighted by Gasteiger charge is 2.39. The molecule has 0 bridgehead atoms. The van der Waals surface area contributed by atoms with Crippen molar-refractivity contribution in [1.29, 1.82) is 0 Å². The van der Waals surface area contributed by atoms with E-state index in [9.17, 15) is 4.79 Å². The Bertz CT molecular complexity index is 513. The van der Waals surface area contributed by atoms with Crippen molar-refractivity contribution in [2.45, 2.75) is 37.3 Å². The maximum atomic E-state index is 12.5. The van der Waals surface area contributed by atoms with E-state index in [0.717, 1.165) is 37.8 Å². The van der Waals surface area contributed by atoms with E-state index in [0.29, 0.717) is 18.2 Å². The molecule has 1 aliphatic carbocycles. The Morgan fingerprint density at radius 1 is 1.36 bits per heavy atom. The molecule has 0 spiro atoms. The predicted octanol–water partition coefficient (Wildman–Crippen LogP) is 2.64. The van der Waals surface area contributed by atoms with Gasteiger partial charge in [0.15, 0.2) is 0 Å². The largest absolute Gasteiger partial charge is 0.366 e. The van der Waals surface area contributed by atoms with Gasteiger partial charge in [-0.25, -0.2) is 0 Å². The number of ether oxygens (including phenoxy) is 1. The normalized spacial score (nSPS) is 23.6. The molecule has 4 nitrogen and oxygen atoms in total. The third kappa shape index (κ3) is 3.74. The van der Waals surface area contributed by atoms with Crippen LogP contribution in [0.4, 0.5) is 0 Å². The molecule has 1 saturated heterocycles. The summed E-state index contributed by atoms with van der Waals surface area (Å²) >= 11 is 6.12. The number of carbonyl (C=O) groups is 1. The van der Waals surface area contributed by atoms with Crippen LogP contribution in [0.25, 0.3) is 0 Å². The Morgan fingerprint density at radius 3 is 2.77 bits per heavy atom. The number of hydrogen-bond donors (Lipinski definition) is 2. The summed E-state index contributed by atoms with van der Waals surface area (Å²) in [6.07, 6.45) is 3.77. The fraction of sp³-hybridized carbons (Fsp3) is 0.562. The maximum Gasteiger partial charge on any atom is 0.251 e. The number of amides is 1. The molecule has 1 amide bonds. The first-order chi connectivity index (χ1) is 10.2.